The van der Waals surface area contributed by atoms with Crippen molar-refractivity contribution in [2.45, 2.75) is 63.8 Å². The summed E-state index contributed by atoms with van der Waals surface area (Å²) in [6.45, 7) is 2.42. The second-order valence-electron chi connectivity index (χ2n) is 7.22. The summed E-state index contributed by atoms with van der Waals surface area (Å²) in [7, 11) is 0. The first-order chi connectivity index (χ1) is 9.17. The van der Waals surface area contributed by atoms with Crippen LogP contribution >= 0.6 is 0 Å². The van der Waals surface area contributed by atoms with Gasteiger partial charge >= 0.3 is 0 Å². The highest BCUT2D eigenvalue weighted by Gasteiger charge is 2.60. The van der Waals surface area contributed by atoms with E-state index in [-0.39, 0.29) is 18.0 Å². The highest BCUT2D eigenvalue weighted by molar-refractivity contribution is 5.78. The molecule has 0 heterocycles. The van der Waals surface area contributed by atoms with Crippen molar-refractivity contribution in [1.29, 1.82) is 0 Å². The minimum absolute atomic E-state index is 0.0458. The summed E-state index contributed by atoms with van der Waals surface area (Å²) in [5.41, 5.74) is 5.59. The molecule has 0 saturated heterocycles. The van der Waals surface area contributed by atoms with Crippen molar-refractivity contribution < 1.29 is 4.79 Å². The van der Waals surface area contributed by atoms with Crippen LogP contribution in [0, 0.1) is 23.7 Å². The SMILES string of the molecule is CCCCCC1C2CC3CC(NC(=O)CN)(C2)CC31. The van der Waals surface area contributed by atoms with E-state index in [0.717, 1.165) is 23.7 Å². The number of hydrogen-bond acceptors (Lipinski definition) is 2. The van der Waals surface area contributed by atoms with Gasteiger partial charge in [-0.1, -0.05) is 26.2 Å². The molecule has 3 heteroatoms. The maximum absolute atomic E-state index is 11.6. The standard InChI is InChI=1S/C16H28N2O/c1-2-3-4-5-13-11-6-12-8-16(7-11,9-14(12)13)18-15(19)10-17/h11-14H,2-10,17H2,1H3,(H,18,19). The van der Waals surface area contributed by atoms with Gasteiger partial charge in [-0.25, -0.2) is 0 Å². The number of hydrogen-bond donors (Lipinski definition) is 2. The fraction of sp³-hybridized carbons (Fsp3) is 0.938. The molecule has 4 bridgehead atoms. The summed E-state index contributed by atoms with van der Waals surface area (Å²) in [5.74, 6) is 3.68. The molecule has 19 heavy (non-hydrogen) atoms. The van der Waals surface area contributed by atoms with Gasteiger partial charge in [-0.2, -0.15) is 0 Å². The van der Waals surface area contributed by atoms with Gasteiger partial charge in [-0.05, 0) is 55.8 Å². The lowest BCUT2D eigenvalue weighted by molar-refractivity contribution is -0.122. The summed E-state index contributed by atoms with van der Waals surface area (Å²) in [6, 6.07) is 0. The topological polar surface area (TPSA) is 55.1 Å². The molecular formula is C16H28N2O. The van der Waals surface area contributed by atoms with Crippen LogP contribution in [0.25, 0.3) is 0 Å². The van der Waals surface area contributed by atoms with Gasteiger partial charge in [0, 0.05) is 5.54 Å². The molecule has 4 rings (SSSR count). The zero-order valence-electron chi connectivity index (χ0n) is 12.2. The lowest BCUT2D eigenvalue weighted by atomic mass is 9.69. The second-order valence-corrected chi connectivity index (χ2v) is 7.22. The highest BCUT2D eigenvalue weighted by Crippen LogP contribution is 2.63. The van der Waals surface area contributed by atoms with E-state index < -0.39 is 0 Å². The average Bonchev–Trinajstić information content (AvgIpc) is 2.77. The van der Waals surface area contributed by atoms with Crippen molar-refractivity contribution in [2.24, 2.45) is 29.4 Å². The number of nitrogens with two attached hydrogens (primary N) is 1. The van der Waals surface area contributed by atoms with Crippen molar-refractivity contribution in [2.75, 3.05) is 6.54 Å². The third-order valence-electron chi connectivity index (χ3n) is 6.03. The third-order valence-corrected chi connectivity index (χ3v) is 6.03. The summed E-state index contributed by atoms with van der Waals surface area (Å²) in [5, 5.41) is 3.26. The number of carbonyl (C=O) groups excluding carboxylic acids is 1. The third kappa shape index (κ3) is 2.31. The van der Waals surface area contributed by atoms with E-state index in [0.29, 0.717) is 0 Å². The van der Waals surface area contributed by atoms with E-state index in [2.05, 4.69) is 12.2 Å². The maximum Gasteiger partial charge on any atom is 0.234 e. The Balaban J connectivity index is 1.62. The molecular weight excluding hydrogens is 236 g/mol. The van der Waals surface area contributed by atoms with Crippen LogP contribution in [0.2, 0.25) is 0 Å². The summed E-state index contributed by atoms with van der Waals surface area (Å²) in [4.78, 5) is 11.6. The quantitative estimate of drug-likeness (QED) is 0.724. The highest BCUT2D eigenvalue weighted by atomic mass is 16.2. The first-order valence-corrected chi connectivity index (χ1v) is 8.18. The molecule has 0 aromatic heterocycles. The van der Waals surface area contributed by atoms with Crippen LogP contribution < -0.4 is 11.1 Å². The zero-order valence-corrected chi connectivity index (χ0v) is 12.2. The fourth-order valence-corrected chi connectivity index (χ4v) is 5.51. The molecule has 108 valence electrons. The fourth-order valence-electron chi connectivity index (χ4n) is 5.51. The first kappa shape index (κ1) is 13.4. The van der Waals surface area contributed by atoms with Gasteiger partial charge in [0.05, 0.1) is 6.54 Å². The van der Waals surface area contributed by atoms with Crippen molar-refractivity contribution in [3.8, 4) is 0 Å². The van der Waals surface area contributed by atoms with Crippen LogP contribution in [0.1, 0.15) is 58.3 Å². The monoisotopic (exact) mass is 264 g/mol. The Kier molecular flexibility index (Phi) is 3.59. The largest absolute Gasteiger partial charge is 0.350 e. The minimum atomic E-state index is 0.0458. The molecule has 4 fully saturated rings. The molecule has 0 aromatic carbocycles. The molecule has 4 aliphatic carbocycles. The van der Waals surface area contributed by atoms with E-state index in [1.54, 1.807) is 0 Å². The predicted octanol–water partition coefficient (Wildman–Crippen LogP) is 2.45. The van der Waals surface area contributed by atoms with Crippen molar-refractivity contribution in [3.63, 3.8) is 0 Å². The van der Waals surface area contributed by atoms with Gasteiger partial charge in [0.15, 0.2) is 0 Å². The summed E-state index contributed by atoms with van der Waals surface area (Å²) < 4.78 is 0. The Morgan fingerprint density at radius 1 is 1.26 bits per heavy atom. The Morgan fingerprint density at radius 2 is 2.05 bits per heavy atom. The Hall–Kier alpha value is -0.570. The van der Waals surface area contributed by atoms with Gasteiger partial charge < -0.3 is 11.1 Å². The van der Waals surface area contributed by atoms with Gasteiger partial charge in [0.1, 0.15) is 0 Å². The van der Waals surface area contributed by atoms with Gasteiger partial charge in [-0.3, -0.25) is 4.79 Å². The number of amides is 1. The maximum atomic E-state index is 11.6. The number of carbonyl (C=O) groups is 1. The van der Waals surface area contributed by atoms with E-state index in [4.69, 9.17) is 5.73 Å². The summed E-state index contributed by atoms with van der Waals surface area (Å²) >= 11 is 0. The Labute approximate surface area is 116 Å². The molecule has 0 aliphatic heterocycles. The molecule has 1 amide bonds. The van der Waals surface area contributed by atoms with Crippen LogP contribution in [0.5, 0.6) is 0 Å². The number of nitrogens with one attached hydrogen (secondary N) is 1. The number of unbranched alkanes of at least 4 members (excludes halogenated alkanes) is 2. The number of rotatable bonds is 6. The van der Waals surface area contributed by atoms with Gasteiger partial charge in [0.2, 0.25) is 5.91 Å². The van der Waals surface area contributed by atoms with Crippen molar-refractivity contribution in [3.05, 3.63) is 0 Å². The minimum Gasteiger partial charge on any atom is -0.350 e. The smallest absolute Gasteiger partial charge is 0.234 e. The van der Waals surface area contributed by atoms with Crippen LogP contribution in [0.3, 0.4) is 0 Å². The molecule has 0 spiro atoms. The normalized spacial score (nSPS) is 42.8. The van der Waals surface area contributed by atoms with E-state index in [1.807, 2.05) is 0 Å². The molecule has 3 nitrogen and oxygen atoms in total. The zero-order chi connectivity index (χ0) is 13.5. The first-order valence-electron chi connectivity index (χ1n) is 8.18. The predicted molar refractivity (Wildman–Crippen MR) is 76.5 cm³/mol. The van der Waals surface area contributed by atoms with E-state index >= 15 is 0 Å². The molecule has 5 unspecified atom stereocenters. The van der Waals surface area contributed by atoms with E-state index in [9.17, 15) is 4.79 Å². The van der Waals surface area contributed by atoms with Crippen LogP contribution in [0.15, 0.2) is 0 Å². The van der Waals surface area contributed by atoms with Crippen molar-refractivity contribution in [1.82, 2.24) is 5.32 Å². The lowest BCUT2D eigenvalue weighted by Crippen LogP contribution is -2.53. The molecule has 3 N–H and O–H groups in total. The molecule has 4 aliphatic rings. The Morgan fingerprint density at radius 3 is 2.74 bits per heavy atom. The average molecular weight is 264 g/mol. The van der Waals surface area contributed by atoms with Gasteiger partial charge in [-0.15, -0.1) is 0 Å². The Bertz CT molecular complexity index is 353. The van der Waals surface area contributed by atoms with Crippen LogP contribution in [-0.4, -0.2) is 18.0 Å². The molecule has 0 aromatic rings. The molecule has 4 saturated carbocycles. The van der Waals surface area contributed by atoms with Crippen LogP contribution in [0.4, 0.5) is 0 Å². The second kappa shape index (κ2) is 5.08. The molecule has 0 radical (unpaired) electrons. The molecule has 5 atom stereocenters. The lowest BCUT2D eigenvalue weighted by Gasteiger charge is -2.42. The van der Waals surface area contributed by atoms with E-state index in [1.165, 1.54) is 51.4 Å². The summed E-state index contributed by atoms with van der Waals surface area (Å²) in [6.07, 6.45) is 10.7. The van der Waals surface area contributed by atoms with Gasteiger partial charge in [0.25, 0.3) is 0 Å². The van der Waals surface area contributed by atoms with Crippen molar-refractivity contribution >= 4 is 5.91 Å². The van der Waals surface area contributed by atoms with Crippen LogP contribution in [-0.2, 0) is 4.79 Å².